The van der Waals surface area contributed by atoms with E-state index in [0.29, 0.717) is 17.1 Å². The third kappa shape index (κ3) is 2.24. The van der Waals surface area contributed by atoms with Crippen LogP contribution in [0.25, 0.3) is 0 Å². The summed E-state index contributed by atoms with van der Waals surface area (Å²) in [5.74, 6) is 0.664. The summed E-state index contributed by atoms with van der Waals surface area (Å²) in [6, 6.07) is 8.14. The van der Waals surface area contributed by atoms with Crippen molar-refractivity contribution in [2.75, 3.05) is 7.11 Å². The molecule has 1 heterocycles. The number of ketones is 1. The van der Waals surface area contributed by atoms with Gasteiger partial charge in [-0.2, -0.15) is 0 Å². The van der Waals surface area contributed by atoms with Gasteiger partial charge in [-0.25, -0.2) is 0 Å². The molecule has 0 unspecified atom stereocenters. The van der Waals surface area contributed by atoms with Crippen molar-refractivity contribution < 1.29 is 24.5 Å². The lowest BCUT2D eigenvalue weighted by atomic mass is 9.94. The Bertz CT molecular complexity index is 734. The topological polar surface area (TPSA) is 76.0 Å². The molecule has 0 bridgehead atoms. The first-order valence-corrected chi connectivity index (χ1v) is 6.90. The fourth-order valence-electron chi connectivity index (χ4n) is 2.64. The maximum atomic E-state index is 12.4. The molecular formula is C17H16O5. The number of carbonyl (C=O) groups excluding carboxylic acids is 1. The van der Waals surface area contributed by atoms with Gasteiger partial charge in [-0.15, -0.1) is 0 Å². The zero-order valence-electron chi connectivity index (χ0n) is 12.3. The van der Waals surface area contributed by atoms with Gasteiger partial charge < -0.3 is 19.7 Å². The monoisotopic (exact) mass is 300 g/mol. The van der Waals surface area contributed by atoms with Crippen LogP contribution in [-0.4, -0.2) is 23.1 Å². The van der Waals surface area contributed by atoms with Crippen molar-refractivity contribution in [3.63, 3.8) is 0 Å². The minimum atomic E-state index is -0.451. The summed E-state index contributed by atoms with van der Waals surface area (Å²) in [6.07, 6.45) is -0.315. The molecule has 1 aliphatic rings. The highest BCUT2D eigenvalue weighted by Crippen LogP contribution is 2.44. The molecule has 0 aliphatic carbocycles. The van der Waals surface area contributed by atoms with Crippen molar-refractivity contribution in [1.82, 2.24) is 0 Å². The number of phenolic OH excluding ortho intramolecular Hbond substituents is 2. The molecule has 2 aromatic carbocycles. The van der Waals surface area contributed by atoms with Crippen LogP contribution in [0.15, 0.2) is 30.3 Å². The molecule has 114 valence electrons. The summed E-state index contributed by atoms with van der Waals surface area (Å²) in [5, 5.41) is 19.5. The fourth-order valence-corrected chi connectivity index (χ4v) is 2.64. The predicted molar refractivity (Wildman–Crippen MR) is 79.8 cm³/mol. The third-order valence-corrected chi connectivity index (χ3v) is 3.87. The highest BCUT2D eigenvalue weighted by Gasteiger charge is 2.32. The minimum absolute atomic E-state index is 0.0940. The second-order valence-corrected chi connectivity index (χ2v) is 5.25. The maximum absolute atomic E-state index is 12.4. The largest absolute Gasteiger partial charge is 0.508 e. The van der Waals surface area contributed by atoms with Crippen LogP contribution in [0.3, 0.4) is 0 Å². The summed E-state index contributed by atoms with van der Waals surface area (Å²) >= 11 is 0. The number of rotatable bonds is 2. The van der Waals surface area contributed by atoms with Crippen LogP contribution < -0.4 is 9.47 Å². The number of Topliss-reactive ketones (excluding diaryl/α,β-unsaturated/α-hetero) is 1. The van der Waals surface area contributed by atoms with E-state index in [9.17, 15) is 15.0 Å². The SMILES string of the molecule is COc1cc2c(c(O)c1C)C(=O)C[C@H](c1ccc(O)cc1)O2. The lowest BCUT2D eigenvalue weighted by molar-refractivity contribution is 0.0844. The van der Waals surface area contributed by atoms with Crippen LogP contribution >= 0.6 is 0 Å². The van der Waals surface area contributed by atoms with Crippen molar-refractivity contribution in [2.24, 2.45) is 0 Å². The summed E-state index contributed by atoms with van der Waals surface area (Å²) in [5.41, 5.74) is 1.51. The van der Waals surface area contributed by atoms with Crippen molar-refractivity contribution in [3.8, 4) is 23.0 Å². The maximum Gasteiger partial charge on any atom is 0.174 e. The van der Waals surface area contributed by atoms with Crippen LogP contribution in [-0.2, 0) is 0 Å². The second kappa shape index (κ2) is 5.26. The molecular weight excluding hydrogens is 284 g/mol. The summed E-state index contributed by atoms with van der Waals surface area (Å²) in [7, 11) is 1.50. The van der Waals surface area contributed by atoms with Crippen LogP contribution in [0, 0.1) is 6.92 Å². The van der Waals surface area contributed by atoms with E-state index >= 15 is 0 Å². The Morgan fingerprint density at radius 2 is 1.91 bits per heavy atom. The number of ether oxygens (including phenoxy) is 2. The van der Waals surface area contributed by atoms with Gasteiger partial charge in [0, 0.05) is 11.6 Å². The average Bonchev–Trinajstić information content (AvgIpc) is 2.51. The van der Waals surface area contributed by atoms with Crippen molar-refractivity contribution in [2.45, 2.75) is 19.4 Å². The van der Waals surface area contributed by atoms with Gasteiger partial charge in [0.05, 0.1) is 13.5 Å². The van der Waals surface area contributed by atoms with Gasteiger partial charge in [-0.3, -0.25) is 4.79 Å². The molecule has 0 amide bonds. The summed E-state index contributed by atoms with van der Waals surface area (Å²) < 4.78 is 11.1. The minimum Gasteiger partial charge on any atom is -0.508 e. The van der Waals surface area contributed by atoms with Crippen molar-refractivity contribution in [3.05, 3.63) is 47.0 Å². The lowest BCUT2D eigenvalue weighted by Crippen LogP contribution is -2.20. The number of benzene rings is 2. The highest BCUT2D eigenvalue weighted by atomic mass is 16.5. The number of hydrogen-bond donors (Lipinski definition) is 2. The van der Waals surface area contributed by atoms with Gasteiger partial charge in [-0.1, -0.05) is 12.1 Å². The number of phenols is 2. The Balaban J connectivity index is 2.03. The highest BCUT2D eigenvalue weighted by molar-refractivity contribution is 6.03. The van der Waals surface area contributed by atoms with E-state index in [-0.39, 0.29) is 29.3 Å². The normalized spacial score (nSPS) is 16.8. The molecule has 5 heteroatoms. The molecule has 0 saturated carbocycles. The molecule has 0 aromatic heterocycles. The van der Waals surface area contributed by atoms with Gasteiger partial charge in [-0.05, 0) is 24.6 Å². The molecule has 0 saturated heterocycles. The van der Waals surface area contributed by atoms with Gasteiger partial charge in [0.1, 0.15) is 34.7 Å². The first-order valence-electron chi connectivity index (χ1n) is 6.90. The molecule has 2 aromatic rings. The van der Waals surface area contributed by atoms with Crippen LogP contribution in [0.2, 0.25) is 0 Å². The van der Waals surface area contributed by atoms with Gasteiger partial charge in [0.15, 0.2) is 5.78 Å². The van der Waals surface area contributed by atoms with Crippen LogP contribution in [0.5, 0.6) is 23.0 Å². The molecule has 0 radical (unpaired) electrons. The van der Waals surface area contributed by atoms with Gasteiger partial charge >= 0.3 is 0 Å². The number of aromatic hydroxyl groups is 2. The number of hydrogen-bond acceptors (Lipinski definition) is 5. The van der Waals surface area contributed by atoms with E-state index in [2.05, 4.69) is 0 Å². The van der Waals surface area contributed by atoms with Gasteiger partial charge in [0.2, 0.25) is 0 Å². The summed E-state index contributed by atoms with van der Waals surface area (Å²) in [4.78, 5) is 12.4. The molecule has 3 rings (SSSR count). The van der Waals surface area contributed by atoms with E-state index in [1.165, 1.54) is 7.11 Å². The number of methoxy groups -OCH3 is 1. The fraction of sp³-hybridized carbons (Fsp3) is 0.235. The first-order chi connectivity index (χ1) is 10.5. The molecule has 1 atom stereocenters. The van der Waals surface area contributed by atoms with Gasteiger partial charge in [0.25, 0.3) is 0 Å². The Morgan fingerprint density at radius 3 is 2.55 bits per heavy atom. The summed E-state index contributed by atoms with van der Waals surface area (Å²) in [6.45, 7) is 1.69. The third-order valence-electron chi connectivity index (χ3n) is 3.87. The lowest BCUT2D eigenvalue weighted by Gasteiger charge is -2.27. The van der Waals surface area contributed by atoms with E-state index in [1.807, 2.05) is 0 Å². The van der Waals surface area contributed by atoms with E-state index in [0.717, 1.165) is 5.56 Å². The molecule has 0 spiro atoms. The molecule has 2 N–H and O–H groups in total. The number of carbonyl (C=O) groups is 1. The molecule has 5 nitrogen and oxygen atoms in total. The smallest absolute Gasteiger partial charge is 0.174 e. The van der Waals surface area contributed by atoms with Crippen LogP contribution in [0.1, 0.15) is 34.0 Å². The Morgan fingerprint density at radius 1 is 1.23 bits per heavy atom. The van der Waals surface area contributed by atoms with E-state index in [4.69, 9.17) is 9.47 Å². The molecule has 22 heavy (non-hydrogen) atoms. The van der Waals surface area contributed by atoms with Crippen molar-refractivity contribution >= 4 is 5.78 Å². The van der Waals surface area contributed by atoms with E-state index < -0.39 is 6.10 Å². The Kier molecular flexibility index (Phi) is 3.41. The zero-order valence-corrected chi connectivity index (χ0v) is 12.3. The number of fused-ring (bicyclic) bond motifs is 1. The predicted octanol–water partition coefficient (Wildman–Crippen LogP) is 3.12. The van der Waals surface area contributed by atoms with E-state index in [1.54, 1.807) is 37.3 Å². The van der Waals surface area contributed by atoms with Crippen molar-refractivity contribution in [1.29, 1.82) is 0 Å². The Hall–Kier alpha value is -2.69. The standard InChI is InChI=1S/C17H16O5/c1-9-13(21-2)8-15-16(17(9)20)12(19)7-14(22-15)10-3-5-11(18)6-4-10/h3-6,8,14,18,20H,7H2,1-2H3/t14-/m1/s1. The quantitative estimate of drug-likeness (QED) is 0.891. The van der Waals surface area contributed by atoms with Crippen LogP contribution in [0.4, 0.5) is 0 Å². The molecule has 1 aliphatic heterocycles. The zero-order chi connectivity index (χ0) is 15.9. The molecule has 0 fully saturated rings. The Labute approximate surface area is 127 Å². The first kappa shape index (κ1) is 14.3. The second-order valence-electron chi connectivity index (χ2n) is 5.25. The average molecular weight is 300 g/mol.